The highest BCUT2D eigenvalue weighted by Gasteiger charge is 2.22. The second-order valence-electron chi connectivity index (χ2n) is 20.0. The van der Waals surface area contributed by atoms with Gasteiger partial charge in [0.15, 0.2) is 0 Å². The van der Waals surface area contributed by atoms with E-state index in [1.165, 1.54) is 9.80 Å². The number of aromatic amines is 2. The predicted octanol–water partition coefficient (Wildman–Crippen LogP) is 10.1. The van der Waals surface area contributed by atoms with Crippen LogP contribution in [-0.4, -0.2) is 157 Å². The van der Waals surface area contributed by atoms with Gasteiger partial charge in [0.1, 0.15) is 0 Å². The molecule has 0 unspecified atom stereocenters. The van der Waals surface area contributed by atoms with Gasteiger partial charge in [-0.15, -0.1) is 0 Å². The summed E-state index contributed by atoms with van der Waals surface area (Å²) in [6.07, 6.45) is 11.5. The number of aliphatic carboxylic acids is 4. The van der Waals surface area contributed by atoms with Crippen molar-refractivity contribution in [1.82, 2.24) is 34.6 Å². The Morgan fingerprint density at radius 2 is 0.744 bits per heavy atom. The number of carboxylic acid groups (broad SMARTS) is 4. The van der Waals surface area contributed by atoms with Crippen LogP contribution >= 0.6 is 0 Å². The first kappa shape index (κ1) is 57.2. The third-order valence-corrected chi connectivity index (χ3v) is 14.0. The van der Waals surface area contributed by atoms with Crippen molar-refractivity contribution in [2.24, 2.45) is 0 Å². The van der Waals surface area contributed by atoms with E-state index in [9.17, 15) is 34.2 Å². The first-order valence-electron chi connectivity index (χ1n) is 27.2. The molecule has 18 heteroatoms. The Kier molecular flexibility index (Phi) is 19.2. The van der Waals surface area contributed by atoms with Crippen molar-refractivity contribution in [1.29, 1.82) is 0 Å². The monoisotopic (exact) mass is 1100 g/mol. The highest BCUT2D eigenvalue weighted by atomic mass is 16.5. The van der Waals surface area contributed by atoms with Gasteiger partial charge in [-0.3, -0.25) is 38.7 Å². The third-order valence-electron chi connectivity index (χ3n) is 14.0. The maximum atomic E-state index is 12.8. The van der Waals surface area contributed by atoms with E-state index >= 15 is 0 Å². The van der Waals surface area contributed by atoms with Gasteiger partial charge in [0.05, 0.1) is 62.1 Å². The minimum absolute atomic E-state index is 0.00181. The Bertz CT molecular complexity index is 3580. The van der Waals surface area contributed by atoms with E-state index in [0.29, 0.717) is 13.0 Å². The van der Waals surface area contributed by atoms with Gasteiger partial charge < -0.3 is 40.4 Å². The average molecular weight is 1110 g/mol. The largest absolute Gasteiger partial charge is 0.480 e. The zero-order chi connectivity index (χ0) is 57.4. The number of benzene rings is 4. The number of unbranched alkanes of at least 4 members (excludes halogenated alkanes) is 3. The molecule has 0 amide bonds. The molecule has 0 fully saturated rings. The standard InChI is InChI=1S/C64H64N8O10/c73-56(74)38-70(33-35-71(39-57(75)76)40-58(77)78)34-36-72(41-59(79)80)42-60(81)82-37-13-2-1-12-32-65-47-22-20-46(21-23-47)64-54-30-28-52(68-54)62(44-16-8-4-9-17-44)50-26-24-48(66-50)61(43-14-6-3-7-15-43)49-25-27-51(67-49)63(45-18-10-5-11-19-45)53-29-31-55(64)69-53/h3-11,14-31,65-66,69H,1-2,12-13,32-42H2,(H,73,74)(H,75,76)(H,77,78)(H,79,80). The molecule has 0 aliphatic carbocycles. The van der Waals surface area contributed by atoms with Gasteiger partial charge in [-0.1, -0.05) is 110 Å². The highest BCUT2D eigenvalue weighted by Crippen LogP contribution is 2.38. The van der Waals surface area contributed by atoms with E-state index < -0.39 is 56.0 Å². The molecule has 7 aromatic rings. The van der Waals surface area contributed by atoms with E-state index in [2.05, 4.69) is 125 Å². The van der Waals surface area contributed by atoms with E-state index in [-0.39, 0.29) is 39.3 Å². The van der Waals surface area contributed by atoms with Crippen molar-refractivity contribution in [2.45, 2.75) is 25.7 Å². The van der Waals surface area contributed by atoms with Gasteiger partial charge in [0, 0.05) is 82.7 Å². The lowest BCUT2D eigenvalue weighted by molar-refractivity contribution is -0.147. The van der Waals surface area contributed by atoms with Gasteiger partial charge >= 0.3 is 29.8 Å². The van der Waals surface area contributed by atoms with Gasteiger partial charge in [-0.2, -0.15) is 0 Å². The molecule has 4 aromatic carbocycles. The van der Waals surface area contributed by atoms with Crippen LogP contribution in [0.3, 0.4) is 0 Å². The second kappa shape index (κ2) is 27.6. The summed E-state index contributed by atoms with van der Waals surface area (Å²) in [5, 5.41) is 40.8. The normalized spacial score (nSPS) is 11.8. The molecule has 0 radical (unpaired) electrons. The molecule has 0 atom stereocenters. The lowest BCUT2D eigenvalue weighted by atomic mass is 10.0. The number of esters is 1. The third kappa shape index (κ3) is 15.2. The van der Waals surface area contributed by atoms with Crippen molar-refractivity contribution >= 4 is 81.9 Å². The molecule has 9 rings (SSSR count). The summed E-state index contributed by atoms with van der Waals surface area (Å²) in [7, 11) is 0. The molecule has 7 N–H and O–H groups in total. The van der Waals surface area contributed by atoms with Crippen molar-refractivity contribution in [3.8, 4) is 44.5 Å². The number of ether oxygens (including phenoxy) is 1. The number of hydrogen-bond acceptors (Lipinski definition) is 12. The van der Waals surface area contributed by atoms with Crippen LogP contribution in [0.1, 0.15) is 48.5 Å². The molecule has 420 valence electrons. The number of nitrogens with zero attached hydrogens (tertiary/aromatic N) is 5. The molecule has 0 spiro atoms. The summed E-state index contributed by atoms with van der Waals surface area (Å²) in [6.45, 7) is -1.60. The molecule has 0 saturated carbocycles. The topological polar surface area (TPSA) is 255 Å². The van der Waals surface area contributed by atoms with Gasteiger partial charge in [-0.05, 0) is 102 Å². The molecular formula is C64H64N8O10. The Labute approximate surface area is 473 Å². The van der Waals surface area contributed by atoms with Crippen molar-refractivity contribution < 1.29 is 49.1 Å². The number of carbonyl (C=O) groups excluding carboxylic acids is 1. The molecule has 2 aliphatic heterocycles. The summed E-state index contributed by atoms with van der Waals surface area (Å²) in [5.41, 5.74) is 15.9. The van der Waals surface area contributed by atoms with Crippen LogP contribution in [0.4, 0.5) is 5.69 Å². The Balaban J connectivity index is 0.879. The fourth-order valence-corrected chi connectivity index (χ4v) is 10.2. The predicted molar refractivity (Wildman–Crippen MR) is 318 cm³/mol. The van der Waals surface area contributed by atoms with Crippen LogP contribution in [0.2, 0.25) is 0 Å². The minimum Gasteiger partial charge on any atom is -0.480 e. The number of fused-ring (bicyclic) bond motifs is 8. The zero-order valence-electron chi connectivity index (χ0n) is 45.2. The minimum atomic E-state index is -1.24. The highest BCUT2D eigenvalue weighted by molar-refractivity contribution is 6.00. The number of H-pyrrole nitrogens is 2. The smallest absolute Gasteiger partial charge is 0.320 e. The molecule has 3 aromatic heterocycles. The number of rotatable bonds is 28. The Morgan fingerprint density at radius 3 is 1.13 bits per heavy atom. The zero-order valence-corrected chi connectivity index (χ0v) is 45.2. The average Bonchev–Trinajstić information content (AvgIpc) is 4.21. The Hall–Kier alpha value is -9.49. The van der Waals surface area contributed by atoms with Crippen molar-refractivity contribution in [3.05, 3.63) is 162 Å². The summed E-state index contributed by atoms with van der Waals surface area (Å²) >= 11 is 0. The van der Waals surface area contributed by atoms with Crippen LogP contribution < -0.4 is 5.32 Å². The maximum absolute atomic E-state index is 12.8. The van der Waals surface area contributed by atoms with E-state index in [1.807, 2.05) is 54.6 Å². The molecule has 2 aliphatic rings. The summed E-state index contributed by atoms with van der Waals surface area (Å²) < 4.78 is 5.44. The first-order chi connectivity index (χ1) is 39.8. The molecule has 18 nitrogen and oxygen atoms in total. The number of anilines is 1. The number of carboxylic acids is 4. The molecular weight excluding hydrogens is 1040 g/mol. The fourth-order valence-electron chi connectivity index (χ4n) is 10.2. The van der Waals surface area contributed by atoms with E-state index in [4.69, 9.17) is 24.9 Å². The number of hydrogen-bond donors (Lipinski definition) is 7. The van der Waals surface area contributed by atoms with Crippen molar-refractivity contribution in [2.75, 3.05) is 77.4 Å². The summed E-state index contributed by atoms with van der Waals surface area (Å²) in [6, 6.07) is 47.9. The maximum Gasteiger partial charge on any atom is 0.320 e. The first-order valence-corrected chi connectivity index (χ1v) is 27.2. The second-order valence-corrected chi connectivity index (χ2v) is 20.0. The lowest BCUT2D eigenvalue weighted by Crippen LogP contribution is -2.45. The summed E-state index contributed by atoms with van der Waals surface area (Å²) in [4.78, 5) is 80.8. The van der Waals surface area contributed by atoms with Gasteiger partial charge in [-0.25, -0.2) is 9.97 Å². The van der Waals surface area contributed by atoms with Crippen LogP contribution in [0, 0.1) is 0 Å². The van der Waals surface area contributed by atoms with Gasteiger partial charge in [0.25, 0.3) is 0 Å². The van der Waals surface area contributed by atoms with Crippen LogP contribution in [0.15, 0.2) is 140 Å². The SMILES string of the molecule is O=C(O)CN(CCN(CC(=O)O)CC(=O)O)CCN(CC(=O)O)CC(=O)OCCCCCCNc1ccc(-c2c3nc(c(-c4ccccc4)c4ccc([nH]4)c(-c4ccccc4)c4nc(c(-c5ccccc5)c5ccc2[nH]5)C=C4)C=C3)cc1. The molecule has 82 heavy (non-hydrogen) atoms. The number of nitrogens with one attached hydrogen (secondary N) is 3. The van der Waals surface area contributed by atoms with Crippen molar-refractivity contribution in [3.63, 3.8) is 0 Å². The van der Waals surface area contributed by atoms with E-state index in [0.717, 1.165) is 119 Å². The van der Waals surface area contributed by atoms with Crippen LogP contribution in [0.5, 0.6) is 0 Å². The number of carbonyl (C=O) groups is 5. The lowest BCUT2D eigenvalue weighted by Gasteiger charge is -2.27. The quantitative estimate of drug-likeness (QED) is 0.0178. The fraction of sp³-hybridized carbons (Fsp3) is 0.234. The van der Waals surface area contributed by atoms with Crippen LogP contribution in [0.25, 0.3) is 90.9 Å². The van der Waals surface area contributed by atoms with Gasteiger partial charge in [0.2, 0.25) is 0 Å². The van der Waals surface area contributed by atoms with Crippen LogP contribution in [-0.2, 0) is 28.7 Å². The van der Waals surface area contributed by atoms with E-state index in [1.54, 1.807) is 0 Å². The molecule has 0 saturated heterocycles. The molecule has 8 bridgehead atoms. The summed E-state index contributed by atoms with van der Waals surface area (Å²) in [5.74, 6) is -5.47. The molecule has 5 heterocycles. The number of aromatic nitrogens is 4. The Morgan fingerprint density at radius 1 is 0.402 bits per heavy atom.